The van der Waals surface area contributed by atoms with Crippen LogP contribution in [0.15, 0.2) is 24.3 Å². The molecule has 1 atom stereocenters. The third-order valence-electron chi connectivity index (χ3n) is 4.11. The van der Waals surface area contributed by atoms with Crippen molar-refractivity contribution in [1.82, 2.24) is 4.90 Å². The minimum absolute atomic E-state index is 0.220. The summed E-state index contributed by atoms with van der Waals surface area (Å²) in [6.45, 7) is 9.33. The van der Waals surface area contributed by atoms with Crippen molar-refractivity contribution in [3.8, 4) is 0 Å². The standard InChI is InChI=1S/C19H30FNO3/c1-19(2,3)24-14-17(22)12-21-10-8-18(9-11-21)23-13-15-4-6-16(20)7-5-15/h4-7,17-18,22H,8-14H2,1-3H3. The normalized spacial score (nSPS) is 18.7. The van der Waals surface area contributed by atoms with Gasteiger partial charge in [0.2, 0.25) is 0 Å². The van der Waals surface area contributed by atoms with Gasteiger partial charge in [-0.3, -0.25) is 0 Å². The van der Waals surface area contributed by atoms with Crippen molar-refractivity contribution in [1.29, 1.82) is 0 Å². The number of rotatable bonds is 7. The van der Waals surface area contributed by atoms with Gasteiger partial charge in [-0.05, 0) is 51.3 Å². The summed E-state index contributed by atoms with van der Waals surface area (Å²) >= 11 is 0. The average molecular weight is 339 g/mol. The summed E-state index contributed by atoms with van der Waals surface area (Å²) in [4.78, 5) is 2.26. The molecule has 0 aromatic heterocycles. The first-order valence-corrected chi connectivity index (χ1v) is 8.72. The van der Waals surface area contributed by atoms with Crippen LogP contribution in [-0.4, -0.2) is 54.1 Å². The van der Waals surface area contributed by atoms with Gasteiger partial charge in [0.05, 0.1) is 31.0 Å². The summed E-state index contributed by atoms with van der Waals surface area (Å²) < 4.78 is 24.4. The van der Waals surface area contributed by atoms with Gasteiger partial charge in [-0.25, -0.2) is 4.39 Å². The molecule has 0 aliphatic carbocycles. The van der Waals surface area contributed by atoms with Crippen LogP contribution in [0.4, 0.5) is 4.39 Å². The number of aliphatic hydroxyl groups excluding tert-OH is 1. The van der Waals surface area contributed by atoms with E-state index in [4.69, 9.17) is 9.47 Å². The Bertz CT molecular complexity index is 478. The second-order valence-electron chi connectivity index (χ2n) is 7.51. The summed E-state index contributed by atoms with van der Waals surface area (Å²) in [6.07, 6.45) is 1.68. The van der Waals surface area contributed by atoms with E-state index >= 15 is 0 Å². The van der Waals surface area contributed by atoms with Gasteiger partial charge < -0.3 is 19.5 Å². The number of nitrogens with zero attached hydrogens (tertiary/aromatic N) is 1. The number of ether oxygens (including phenoxy) is 2. The number of halogens is 1. The van der Waals surface area contributed by atoms with Crippen LogP contribution in [0.25, 0.3) is 0 Å². The fourth-order valence-corrected chi connectivity index (χ4v) is 2.75. The molecule has 4 nitrogen and oxygen atoms in total. The Labute approximate surface area is 144 Å². The third kappa shape index (κ3) is 7.26. The number of aliphatic hydroxyl groups is 1. The van der Waals surface area contributed by atoms with E-state index in [1.165, 1.54) is 12.1 Å². The maximum Gasteiger partial charge on any atom is 0.123 e. The second kappa shape index (κ2) is 8.90. The molecule has 0 bridgehead atoms. The van der Waals surface area contributed by atoms with Gasteiger partial charge in [0.15, 0.2) is 0 Å². The molecule has 0 amide bonds. The van der Waals surface area contributed by atoms with Crippen LogP contribution in [0.2, 0.25) is 0 Å². The maximum absolute atomic E-state index is 12.9. The minimum atomic E-state index is -0.457. The van der Waals surface area contributed by atoms with Gasteiger partial charge >= 0.3 is 0 Å². The molecule has 1 unspecified atom stereocenters. The first kappa shape index (κ1) is 19.3. The Hall–Kier alpha value is -1.01. The SMILES string of the molecule is CC(C)(C)OCC(O)CN1CCC(OCc2ccc(F)cc2)CC1. The highest BCUT2D eigenvalue weighted by molar-refractivity contribution is 5.15. The lowest BCUT2D eigenvalue weighted by Crippen LogP contribution is -2.42. The zero-order valence-electron chi connectivity index (χ0n) is 15.0. The number of likely N-dealkylation sites (tertiary alicyclic amines) is 1. The molecule has 0 saturated carbocycles. The molecule has 1 aliphatic rings. The molecule has 1 aromatic rings. The molecule has 1 N–H and O–H groups in total. The monoisotopic (exact) mass is 339 g/mol. The van der Waals surface area contributed by atoms with Crippen molar-refractivity contribution in [2.24, 2.45) is 0 Å². The summed E-state index contributed by atoms with van der Waals surface area (Å²) in [6, 6.07) is 6.44. The topological polar surface area (TPSA) is 41.9 Å². The smallest absolute Gasteiger partial charge is 0.123 e. The molecular formula is C19H30FNO3. The fraction of sp³-hybridized carbons (Fsp3) is 0.684. The molecule has 136 valence electrons. The Morgan fingerprint density at radius 1 is 1.21 bits per heavy atom. The quantitative estimate of drug-likeness (QED) is 0.829. The first-order valence-electron chi connectivity index (χ1n) is 8.72. The number of benzene rings is 1. The number of hydrogen-bond acceptors (Lipinski definition) is 4. The highest BCUT2D eigenvalue weighted by Gasteiger charge is 2.22. The summed E-state index contributed by atoms with van der Waals surface area (Å²) in [7, 11) is 0. The van der Waals surface area contributed by atoms with Crippen molar-refractivity contribution in [3.05, 3.63) is 35.6 Å². The van der Waals surface area contributed by atoms with Gasteiger partial charge in [-0.2, -0.15) is 0 Å². The number of piperidine rings is 1. The van der Waals surface area contributed by atoms with Crippen LogP contribution in [-0.2, 0) is 16.1 Å². The van der Waals surface area contributed by atoms with Gasteiger partial charge in [0.25, 0.3) is 0 Å². The lowest BCUT2D eigenvalue weighted by Gasteiger charge is -2.33. The van der Waals surface area contributed by atoms with E-state index in [9.17, 15) is 9.50 Å². The van der Waals surface area contributed by atoms with Crippen molar-refractivity contribution < 1.29 is 19.0 Å². The number of β-amino-alcohol motifs (C(OH)–C–C–N with tert-alkyl or cyclic N) is 1. The molecule has 5 heteroatoms. The van der Waals surface area contributed by atoms with Crippen molar-refractivity contribution >= 4 is 0 Å². The molecule has 2 rings (SSSR count). The van der Waals surface area contributed by atoms with Gasteiger partial charge in [0, 0.05) is 19.6 Å². The van der Waals surface area contributed by atoms with E-state index in [-0.39, 0.29) is 17.5 Å². The van der Waals surface area contributed by atoms with E-state index in [1.807, 2.05) is 20.8 Å². The predicted octanol–water partition coefficient (Wildman–Crippen LogP) is 2.98. The highest BCUT2D eigenvalue weighted by Crippen LogP contribution is 2.16. The predicted molar refractivity (Wildman–Crippen MR) is 92.4 cm³/mol. The van der Waals surface area contributed by atoms with Crippen LogP contribution in [0.5, 0.6) is 0 Å². The molecule has 1 heterocycles. The number of hydrogen-bond donors (Lipinski definition) is 1. The van der Waals surface area contributed by atoms with Crippen LogP contribution in [0.1, 0.15) is 39.2 Å². The zero-order valence-corrected chi connectivity index (χ0v) is 15.0. The average Bonchev–Trinajstić information content (AvgIpc) is 2.53. The largest absolute Gasteiger partial charge is 0.389 e. The van der Waals surface area contributed by atoms with Crippen molar-refractivity contribution in [3.63, 3.8) is 0 Å². The van der Waals surface area contributed by atoms with Gasteiger partial charge in [-0.1, -0.05) is 12.1 Å². The molecule has 0 radical (unpaired) electrons. The van der Waals surface area contributed by atoms with Crippen LogP contribution < -0.4 is 0 Å². The summed E-state index contributed by atoms with van der Waals surface area (Å²) in [5, 5.41) is 10.1. The van der Waals surface area contributed by atoms with Crippen molar-refractivity contribution in [2.45, 2.75) is 58.0 Å². The van der Waals surface area contributed by atoms with Crippen LogP contribution >= 0.6 is 0 Å². The Morgan fingerprint density at radius 3 is 2.42 bits per heavy atom. The third-order valence-corrected chi connectivity index (χ3v) is 4.11. The Balaban J connectivity index is 1.63. The summed E-state index contributed by atoms with van der Waals surface area (Å²) in [5.41, 5.74) is 0.774. The molecule has 1 saturated heterocycles. The van der Waals surface area contributed by atoms with Crippen LogP contribution in [0.3, 0.4) is 0 Å². The van der Waals surface area contributed by atoms with Crippen LogP contribution in [0, 0.1) is 5.82 Å². The van der Waals surface area contributed by atoms with E-state index in [2.05, 4.69) is 4.90 Å². The van der Waals surface area contributed by atoms with E-state index < -0.39 is 6.10 Å². The molecule has 1 fully saturated rings. The Morgan fingerprint density at radius 2 is 1.83 bits per heavy atom. The lowest BCUT2D eigenvalue weighted by atomic mass is 10.1. The first-order chi connectivity index (χ1) is 11.3. The highest BCUT2D eigenvalue weighted by atomic mass is 19.1. The second-order valence-corrected chi connectivity index (χ2v) is 7.51. The maximum atomic E-state index is 12.9. The summed E-state index contributed by atoms with van der Waals surface area (Å²) in [5.74, 6) is -0.221. The van der Waals surface area contributed by atoms with Gasteiger partial charge in [0.1, 0.15) is 5.82 Å². The molecule has 24 heavy (non-hydrogen) atoms. The molecular weight excluding hydrogens is 309 g/mol. The molecule has 1 aromatic carbocycles. The van der Waals surface area contributed by atoms with Crippen molar-refractivity contribution in [2.75, 3.05) is 26.2 Å². The van der Waals surface area contributed by atoms with Gasteiger partial charge in [-0.15, -0.1) is 0 Å². The zero-order chi connectivity index (χ0) is 17.6. The minimum Gasteiger partial charge on any atom is -0.389 e. The lowest BCUT2D eigenvalue weighted by molar-refractivity contribution is -0.0626. The molecule has 0 spiro atoms. The molecule has 1 aliphatic heterocycles. The van der Waals surface area contributed by atoms with E-state index in [0.717, 1.165) is 31.5 Å². The fourth-order valence-electron chi connectivity index (χ4n) is 2.75. The Kier molecular flexibility index (Phi) is 7.16. The van der Waals surface area contributed by atoms with E-state index in [1.54, 1.807) is 12.1 Å². The van der Waals surface area contributed by atoms with E-state index in [0.29, 0.717) is 19.8 Å².